The van der Waals surface area contributed by atoms with Gasteiger partial charge in [-0.15, -0.1) is 6.42 Å². The summed E-state index contributed by atoms with van der Waals surface area (Å²) in [4.78, 5) is 14.4. The smallest absolute Gasteiger partial charge is 0.231 e. The first-order chi connectivity index (χ1) is 9.30. The summed E-state index contributed by atoms with van der Waals surface area (Å²) in [5, 5.41) is 0. The Morgan fingerprint density at radius 3 is 2.65 bits per heavy atom. The van der Waals surface area contributed by atoms with Crippen molar-refractivity contribution in [3.05, 3.63) is 0 Å². The molecule has 1 saturated heterocycles. The molecule has 3 atom stereocenters. The first kappa shape index (κ1) is 15.3. The summed E-state index contributed by atoms with van der Waals surface area (Å²) in [6.07, 6.45) is 8.33. The quantitative estimate of drug-likeness (QED) is 0.752. The lowest BCUT2D eigenvalue weighted by Gasteiger charge is -2.36. The fraction of sp³-hybridized carbons (Fsp3) is 0.786. The number of carbonyl (C=O) groups is 1. The molecule has 1 heterocycles. The van der Waals surface area contributed by atoms with Gasteiger partial charge in [-0.1, -0.05) is 12.3 Å². The molecule has 6 heteroatoms. The molecule has 1 aliphatic carbocycles. The van der Waals surface area contributed by atoms with Gasteiger partial charge >= 0.3 is 0 Å². The predicted octanol–water partition coefficient (Wildman–Crippen LogP) is 0.153. The lowest BCUT2D eigenvalue weighted by molar-refractivity contribution is -0.142. The summed E-state index contributed by atoms with van der Waals surface area (Å²) >= 11 is 0. The van der Waals surface area contributed by atoms with E-state index in [0.717, 1.165) is 19.3 Å². The molecule has 1 amide bonds. The van der Waals surface area contributed by atoms with E-state index < -0.39 is 15.3 Å². The highest BCUT2D eigenvalue weighted by Crippen LogP contribution is 2.39. The van der Waals surface area contributed by atoms with Gasteiger partial charge in [-0.25, -0.2) is 8.42 Å². The second-order valence-corrected chi connectivity index (χ2v) is 8.34. The van der Waals surface area contributed by atoms with Crippen LogP contribution in [0.3, 0.4) is 0 Å². The minimum absolute atomic E-state index is 0.0196. The largest absolute Gasteiger partial charge is 0.327 e. The normalized spacial score (nSPS) is 35.6. The zero-order chi connectivity index (χ0) is 15.0. The predicted molar refractivity (Wildman–Crippen MR) is 77.5 cm³/mol. The van der Waals surface area contributed by atoms with E-state index in [0.29, 0.717) is 6.42 Å². The number of rotatable bonds is 3. The molecule has 112 valence electrons. The maximum absolute atomic E-state index is 12.8. The van der Waals surface area contributed by atoms with Crippen LogP contribution in [0, 0.1) is 17.8 Å². The molecular weight excluding hydrogens is 276 g/mol. The second kappa shape index (κ2) is 5.38. The van der Waals surface area contributed by atoms with Crippen LogP contribution >= 0.6 is 0 Å². The highest BCUT2D eigenvalue weighted by molar-refractivity contribution is 7.91. The molecule has 0 aromatic heterocycles. The second-order valence-electron chi connectivity index (χ2n) is 6.11. The minimum atomic E-state index is -3.04. The molecule has 20 heavy (non-hydrogen) atoms. The lowest BCUT2D eigenvalue weighted by atomic mass is 9.83. The fourth-order valence-corrected chi connectivity index (χ4v) is 5.00. The molecule has 0 bridgehead atoms. The van der Waals surface area contributed by atoms with Crippen LogP contribution < -0.4 is 5.73 Å². The molecule has 1 saturated carbocycles. The van der Waals surface area contributed by atoms with Crippen molar-refractivity contribution in [1.82, 2.24) is 4.90 Å². The van der Waals surface area contributed by atoms with Crippen molar-refractivity contribution in [3.63, 3.8) is 0 Å². The Morgan fingerprint density at radius 2 is 2.20 bits per heavy atom. The van der Waals surface area contributed by atoms with Crippen LogP contribution in [0.5, 0.6) is 0 Å². The number of hydrogen-bond donors (Lipinski definition) is 1. The van der Waals surface area contributed by atoms with Gasteiger partial charge in [0.2, 0.25) is 5.91 Å². The molecule has 0 aromatic carbocycles. The highest BCUT2D eigenvalue weighted by atomic mass is 32.2. The Labute approximate surface area is 120 Å². The van der Waals surface area contributed by atoms with E-state index in [-0.39, 0.29) is 36.0 Å². The third kappa shape index (κ3) is 2.70. The Hall–Kier alpha value is -1.06. The summed E-state index contributed by atoms with van der Waals surface area (Å²) in [5.74, 6) is 2.55. The summed E-state index contributed by atoms with van der Waals surface area (Å²) in [6.45, 7) is 2.03. The van der Waals surface area contributed by atoms with E-state index in [4.69, 9.17) is 12.2 Å². The molecular formula is C14H22N2O3S. The van der Waals surface area contributed by atoms with Crippen molar-refractivity contribution in [2.45, 2.75) is 44.7 Å². The first-order valence-electron chi connectivity index (χ1n) is 7.01. The molecule has 0 spiro atoms. The van der Waals surface area contributed by atoms with E-state index in [1.54, 1.807) is 4.90 Å². The molecule has 0 aromatic rings. The number of amides is 1. The average molecular weight is 298 g/mol. The molecule has 3 unspecified atom stereocenters. The van der Waals surface area contributed by atoms with Gasteiger partial charge in [0.25, 0.3) is 0 Å². The Bertz CT molecular complexity index is 537. The molecule has 2 fully saturated rings. The number of carbonyl (C=O) groups excluding carboxylic acids is 1. The van der Waals surface area contributed by atoms with Gasteiger partial charge in [-0.3, -0.25) is 4.79 Å². The van der Waals surface area contributed by atoms with Gasteiger partial charge in [0.05, 0.1) is 23.5 Å². The van der Waals surface area contributed by atoms with E-state index in [2.05, 4.69) is 5.92 Å². The van der Waals surface area contributed by atoms with Gasteiger partial charge in [0.1, 0.15) is 0 Å². The maximum Gasteiger partial charge on any atom is 0.231 e. The van der Waals surface area contributed by atoms with Crippen molar-refractivity contribution in [2.75, 3.05) is 18.1 Å². The van der Waals surface area contributed by atoms with Crippen LogP contribution in [0.15, 0.2) is 0 Å². The monoisotopic (exact) mass is 298 g/mol. The van der Waals surface area contributed by atoms with Crippen LogP contribution in [-0.2, 0) is 14.6 Å². The summed E-state index contributed by atoms with van der Waals surface area (Å²) < 4.78 is 23.2. The molecule has 1 aliphatic heterocycles. The van der Waals surface area contributed by atoms with Gasteiger partial charge in [-0.05, 0) is 26.2 Å². The van der Waals surface area contributed by atoms with Crippen molar-refractivity contribution in [1.29, 1.82) is 0 Å². The minimum Gasteiger partial charge on any atom is -0.327 e. The third-order valence-electron chi connectivity index (χ3n) is 4.69. The summed E-state index contributed by atoms with van der Waals surface area (Å²) in [5.41, 5.74) is 5.47. The Kier molecular flexibility index (Phi) is 4.12. The standard InChI is InChI=1S/C14H22N2O3S/c1-3-8-16(11-6-9-20(18,19)10-11)13(17)14(2)7-4-5-12(14)15/h1,11-12H,4-10,15H2,2H3. The Morgan fingerprint density at radius 1 is 1.50 bits per heavy atom. The van der Waals surface area contributed by atoms with Gasteiger partial charge in [-0.2, -0.15) is 0 Å². The van der Waals surface area contributed by atoms with Crippen LogP contribution in [0.25, 0.3) is 0 Å². The van der Waals surface area contributed by atoms with E-state index in [1.807, 2.05) is 6.92 Å². The zero-order valence-electron chi connectivity index (χ0n) is 11.8. The first-order valence-corrected chi connectivity index (χ1v) is 8.83. The van der Waals surface area contributed by atoms with Gasteiger partial charge in [0, 0.05) is 12.1 Å². The summed E-state index contributed by atoms with van der Waals surface area (Å²) in [7, 11) is -3.04. The van der Waals surface area contributed by atoms with Gasteiger partial charge < -0.3 is 10.6 Å². The third-order valence-corrected chi connectivity index (χ3v) is 6.44. The maximum atomic E-state index is 12.8. The fourth-order valence-electron chi connectivity index (χ4n) is 3.27. The molecule has 2 rings (SSSR count). The van der Waals surface area contributed by atoms with Crippen LogP contribution in [-0.4, -0.2) is 49.4 Å². The summed E-state index contributed by atoms with van der Waals surface area (Å²) in [6, 6.07) is -0.471. The molecule has 2 N–H and O–H groups in total. The lowest BCUT2D eigenvalue weighted by Crippen LogP contribution is -2.53. The number of nitrogens with zero attached hydrogens (tertiary/aromatic N) is 1. The Balaban J connectivity index is 2.21. The average Bonchev–Trinajstić information content (AvgIpc) is 2.90. The van der Waals surface area contributed by atoms with Gasteiger partial charge in [0.15, 0.2) is 9.84 Å². The van der Waals surface area contributed by atoms with Crippen molar-refractivity contribution in [2.24, 2.45) is 11.1 Å². The molecule has 0 radical (unpaired) electrons. The van der Waals surface area contributed by atoms with Crippen molar-refractivity contribution >= 4 is 15.7 Å². The van der Waals surface area contributed by atoms with Crippen LogP contribution in [0.2, 0.25) is 0 Å². The van der Waals surface area contributed by atoms with E-state index >= 15 is 0 Å². The van der Waals surface area contributed by atoms with Crippen molar-refractivity contribution in [3.8, 4) is 12.3 Å². The zero-order valence-corrected chi connectivity index (χ0v) is 12.7. The van der Waals surface area contributed by atoms with Crippen molar-refractivity contribution < 1.29 is 13.2 Å². The number of sulfone groups is 1. The number of terminal acetylenes is 1. The molecule has 2 aliphatic rings. The number of hydrogen-bond acceptors (Lipinski definition) is 4. The molecule has 5 nitrogen and oxygen atoms in total. The van der Waals surface area contributed by atoms with Crippen LogP contribution in [0.4, 0.5) is 0 Å². The van der Waals surface area contributed by atoms with Crippen LogP contribution in [0.1, 0.15) is 32.6 Å². The SMILES string of the molecule is C#CCN(C(=O)C1(C)CCCC1N)C1CCS(=O)(=O)C1. The number of nitrogens with two attached hydrogens (primary N) is 1. The van der Waals surface area contributed by atoms with E-state index in [9.17, 15) is 13.2 Å². The van der Waals surface area contributed by atoms with E-state index in [1.165, 1.54) is 0 Å². The highest BCUT2D eigenvalue weighted by Gasteiger charge is 2.47. The topological polar surface area (TPSA) is 80.5 Å².